The van der Waals surface area contributed by atoms with Gasteiger partial charge in [-0.05, 0) is 54.6 Å². The second kappa shape index (κ2) is 7.32. The third-order valence-electron chi connectivity index (χ3n) is 3.65. The lowest BCUT2D eigenvalue weighted by Crippen LogP contribution is -2.09. The van der Waals surface area contributed by atoms with Crippen LogP contribution in [0, 0.1) is 13.8 Å². The molecule has 1 amide bonds. The molecular formula is C20H19NO2S. The highest BCUT2D eigenvalue weighted by atomic mass is 32.1. The van der Waals surface area contributed by atoms with Crippen LogP contribution in [0.3, 0.4) is 0 Å². The number of aryl methyl sites for hydroxylation is 2. The molecule has 0 atom stereocenters. The van der Waals surface area contributed by atoms with E-state index >= 15 is 0 Å². The van der Waals surface area contributed by atoms with E-state index < -0.39 is 0 Å². The Kier molecular flexibility index (Phi) is 4.96. The first-order valence-electron chi connectivity index (χ1n) is 7.76. The summed E-state index contributed by atoms with van der Waals surface area (Å²) < 4.78 is 5.89. The number of para-hydroxylation sites is 1. The number of nitrogens with one attached hydrogen (secondary N) is 1. The van der Waals surface area contributed by atoms with Crippen molar-refractivity contribution in [2.45, 2.75) is 20.5 Å². The highest BCUT2D eigenvalue weighted by molar-refractivity contribution is 7.12. The van der Waals surface area contributed by atoms with Crippen molar-refractivity contribution in [3.05, 3.63) is 81.5 Å². The summed E-state index contributed by atoms with van der Waals surface area (Å²) in [6, 6.07) is 17.5. The fraction of sp³-hybridized carbons (Fsp3) is 0.150. The molecular weight excluding hydrogens is 318 g/mol. The Bertz CT molecular complexity index is 840. The number of hydrogen-bond donors (Lipinski definition) is 1. The van der Waals surface area contributed by atoms with Crippen LogP contribution in [-0.2, 0) is 6.61 Å². The number of rotatable bonds is 5. The normalized spacial score (nSPS) is 10.4. The molecule has 0 fully saturated rings. The van der Waals surface area contributed by atoms with Crippen molar-refractivity contribution in [2.24, 2.45) is 0 Å². The summed E-state index contributed by atoms with van der Waals surface area (Å²) in [4.78, 5) is 12.9. The van der Waals surface area contributed by atoms with Crippen LogP contribution in [0.15, 0.2) is 60.0 Å². The molecule has 0 bridgehead atoms. The van der Waals surface area contributed by atoms with Gasteiger partial charge in [0.25, 0.3) is 5.91 Å². The Hall–Kier alpha value is -2.59. The van der Waals surface area contributed by atoms with Crippen LogP contribution >= 0.6 is 11.3 Å². The van der Waals surface area contributed by atoms with E-state index in [2.05, 4.69) is 17.4 Å². The molecule has 0 aliphatic carbocycles. The molecule has 1 heterocycles. The van der Waals surface area contributed by atoms with E-state index in [-0.39, 0.29) is 5.91 Å². The minimum absolute atomic E-state index is 0.0933. The number of ether oxygens (including phenoxy) is 1. The Morgan fingerprint density at radius 2 is 1.88 bits per heavy atom. The van der Waals surface area contributed by atoms with Crippen molar-refractivity contribution < 1.29 is 9.53 Å². The molecule has 4 heteroatoms. The third-order valence-corrected chi connectivity index (χ3v) is 4.62. The van der Waals surface area contributed by atoms with E-state index in [4.69, 9.17) is 4.74 Å². The zero-order valence-electron chi connectivity index (χ0n) is 13.7. The molecule has 3 nitrogen and oxygen atoms in total. The zero-order chi connectivity index (χ0) is 16.9. The minimum Gasteiger partial charge on any atom is -0.489 e. The largest absolute Gasteiger partial charge is 0.489 e. The molecule has 0 unspecified atom stereocenters. The van der Waals surface area contributed by atoms with Gasteiger partial charge in [-0.1, -0.05) is 30.3 Å². The molecule has 3 aromatic rings. The highest BCUT2D eigenvalue weighted by Gasteiger charge is 2.10. The quantitative estimate of drug-likeness (QED) is 0.695. The summed E-state index contributed by atoms with van der Waals surface area (Å²) in [5, 5.41) is 4.86. The number of benzene rings is 2. The number of hydrogen-bond acceptors (Lipinski definition) is 3. The average Bonchev–Trinajstić information content (AvgIpc) is 3.06. The van der Waals surface area contributed by atoms with Crippen LogP contribution in [-0.4, -0.2) is 5.91 Å². The van der Waals surface area contributed by atoms with E-state index in [0.29, 0.717) is 11.5 Å². The van der Waals surface area contributed by atoms with Crippen molar-refractivity contribution in [3.63, 3.8) is 0 Å². The Morgan fingerprint density at radius 3 is 2.67 bits per heavy atom. The van der Waals surface area contributed by atoms with E-state index in [0.717, 1.165) is 22.6 Å². The molecule has 2 aromatic carbocycles. The number of carbonyl (C=O) groups excluding carboxylic acids is 1. The second-order valence-electron chi connectivity index (χ2n) is 5.70. The molecule has 1 aromatic heterocycles. The molecule has 24 heavy (non-hydrogen) atoms. The van der Waals surface area contributed by atoms with E-state index in [1.165, 1.54) is 16.9 Å². The van der Waals surface area contributed by atoms with E-state index in [1.54, 1.807) is 0 Å². The first-order chi connectivity index (χ1) is 11.6. The predicted molar refractivity (Wildman–Crippen MR) is 99.0 cm³/mol. The summed E-state index contributed by atoms with van der Waals surface area (Å²) >= 11 is 1.43. The lowest BCUT2D eigenvalue weighted by Gasteiger charge is -2.09. The Morgan fingerprint density at radius 1 is 1.08 bits per heavy atom. The van der Waals surface area contributed by atoms with Crippen molar-refractivity contribution in [1.29, 1.82) is 0 Å². The molecule has 3 rings (SSSR count). The standard InChI is InChI=1S/C20H19NO2S/c1-14-8-9-15(2)18(10-14)23-12-16-11-19(24-13-16)20(22)21-17-6-4-3-5-7-17/h3-11,13H,12H2,1-2H3,(H,21,22). The molecule has 0 spiro atoms. The lowest BCUT2D eigenvalue weighted by atomic mass is 10.1. The number of anilines is 1. The van der Waals surface area contributed by atoms with Crippen molar-refractivity contribution in [3.8, 4) is 5.75 Å². The van der Waals surface area contributed by atoms with Crippen LogP contribution in [0.4, 0.5) is 5.69 Å². The molecule has 0 aliphatic rings. The molecule has 0 radical (unpaired) electrons. The van der Waals surface area contributed by atoms with E-state index in [1.807, 2.05) is 61.7 Å². The van der Waals surface area contributed by atoms with Crippen LogP contribution < -0.4 is 10.1 Å². The SMILES string of the molecule is Cc1ccc(C)c(OCc2csc(C(=O)Nc3ccccc3)c2)c1. The smallest absolute Gasteiger partial charge is 0.265 e. The van der Waals surface area contributed by atoms with Crippen LogP contribution in [0.5, 0.6) is 5.75 Å². The Labute approximate surface area is 145 Å². The van der Waals surface area contributed by atoms with Crippen LogP contribution in [0.2, 0.25) is 0 Å². The molecule has 0 saturated heterocycles. The van der Waals surface area contributed by atoms with Gasteiger partial charge in [-0.3, -0.25) is 4.79 Å². The molecule has 0 aliphatic heterocycles. The van der Waals surface area contributed by atoms with Crippen molar-refractivity contribution in [1.82, 2.24) is 0 Å². The zero-order valence-corrected chi connectivity index (χ0v) is 14.5. The summed E-state index contributed by atoms with van der Waals surface area (Å²) in [5.41, 5.74) is 4.07. The maximum atomic E-state index is 12.3. The summed E-state index contributed by atoms with van der Waals surface area (Å²) in [6.45, 7) is 4.53. The number of thiophene rings is 1. The fourth-order valence-electron chi connectivity index (χ4n) is 2.31. The Balaban J connectivity index is 1.63. The maximum Gasteiger partial charge on any atom is 0.265 e. The van der Waals surface area contributed by atoms with Gasteiger partial charge >= 0.3 is 0 Å². The second-order valence-corrected chi connectivity index (χ2v) is 6.61. The van der Waals surface area contributed by atoms with Gasteiger partial charge in [0.2, 0.25) is 0 Å². The third kappa shape index (κ3) is 4.03. The molecule has 1 N–H and O–H groups in total. The van der Waals surface area contributed by atoms with Gasteiger partial charge in [0.05, 0.1) is 4.88 Å². The number of amides is 1. The van der Waals surface area contributed by atoms with Gasteiger partial charge < -0.3 is 10.1 Å². The first kappa shape index (κ1) is 16.3. The van der Waals surface area contributed by atoms with Gasteiger partial charge in [0, 0.05) is 11.3 Å². The molecule has 0 saturated carbocycles. The van der Waals surface area contributed by atoms with E-state index in [9.17, 15) is 4.79 Å². The average molecular weight is 337 g/mol. The predicted octanol–water partition coefficient (Wildman–Crippen LogP) is 5.20. The fourth-order valence-corrected chi connectivity index (χ4v) is 3.10. The monoisotopic (exact) mass is 337 g/mol. The topological polar surface area (TPSA) is 38.3 Å². The van der Waals surface area contributed by atoms with Crippen molar-refractivity contribution >= 4 is 22.9 Å². The van der Waals surface area contributed by atoms with Gasteiger partial charge in [-0.2, -0.15) is 0 Å². The number of carbonyl (C=O) groups is 1. The lowest BCUT2D eigenvalue weighted by molar-refractivity contribution is 0.103. The molecule has 122 valence electrons. The minimum atomic E-state index is -0.0933. The summed E-state index contributed by atoms with van der Waals surface area (Å²) in [7, 11) is 0. The van der Waals surface area contributed by atoms with Crippen LogP contribution in [0.1, 0.15) is 26.4 Å². The van der Waals surface area contributed by atoms with Gasteiger partial charge in [-0.15, -0.1) is 11.3 Å². The van der Waals surface area contributed by atoms with Gasteiger partial charge in [0.15, 0.2) is 0 Å². The van der Waals surface area contributed by atoms with Gasteiger partial charge in [0.1, 0.15) is 12.4 Å². The maximum absolute atomic E-state index is 12.3. The van der Waals surface area contributed by atoms with Crippen molar-refractivity contribution in [2.75, 3.05) is 5.32 Å². The highest BCUT2D eigenvalue weighted by Crippen LogP contribution is 2.22. The van der Waals surface area contributed by atoms with Gasteiger partial charge in [-0.25, -0.2) is 0 Å². The summed E-state index contributed by atoms with van der Waals surface area (Å²) in [5.74, 6) is 0.792. The summed E-state index contributed by atoms with van der Waals surface area (Å²) in [6.07, 6.45) is 0. The first-order valence-corrected chi connectivity index (χ1v) is 8.63. The van der Waals surface area contributed by atoms with Crippen LogP contribution in [0.25, 0.3) is 0 Å².